The number of ketones is 1. The lowest BCUT2D eigenvalue weighted by atomic mass is 10.1. The van der Waals surface area contributed by atoms with E-state index in [1.54, 1.807) is 11.8 Å². The Morgan fingerprint density at radius 2 is 1.74 bits per heavy atom. The van der Waals surface area contributed by atoms with E-state index >= 15 is 0 Å². The molecule has 1 unspecified atom stereocenters. The number of thioether (sulfide) groups is 1. The topological polar surface area (TPSA) is 17.1 Å². The van der Waals surface area contributed by atoms with E-state index in [0.717, 1.165) is 4.90 Å². The van der Waals surface area contributed by atoms with Crippen molar-refractivity contribution in [3.63, 3.8) is 0 Å². The van der Waals surface area contributed by atoms with Crippen LogP contribution in [0.3, 0.4) is 0 Å². The van der Waals surface area contributed by atoms with Gasteiger partial charge in [-0.2, -0.15) is 0 Å². The van der Waals surface area contributed by atoms with Crippen molar-refractivity contribution in [2.24, 2.45) is 0 Å². The summed E-state index contributed by atoms with van der Waals surface area (Å²) in [6, 6.07) is 18.0. The van der Waals surface area contributed by atoms with Crippen LogP contribution in [0.25, 0.3) is 0 Å². The van der Waals surface area contributed by atoms with Gasteiger partial charge in [-0.1, -0.05) is 42.5 Å². The summed E-state index contributed by atoms with van der Waals surface area (Å²) < 4.78 is 0. The minimum atomic E-state index is -0.0330. The average Bonchev–Trinajstić information content (AvgIpc) is 2.48. The first-order valence-corrected chi connectivity index (χ1v) is 7.53. The summed E-state index contributed by atoms with van der Waals surface area (Å²) in [6.45, 7) is 2.18. The van der Waals surface area contributed by atoms with E-state index in [1.165, 1.54) is 5.56 Å². The maximum Gasteiger partial charge on any atom is 0.177 e. The van der Waals surface area contributed by atoms with Crippen LogP contribution in [-0.2, 0) is 0 Å². The Labute approximate surface area is 123 Å². The molecule has 19 heavy (non-hydrogen) atoms. The lowest BCUT2D eigenvalue weighted by Gasteiger charge is -2.11. The maximum absolute atomic E-state index is 11.4. The van der Waals surface area contributed by atoms with Crippen molar-refractivity contribution in [2.75, 3.05) is 5.88 Å². The molecule has 0 heterocycles. The Morgan fingerprint density at radius 3 is 2.32 bits per heavy atom. The Hall–Kier alpha value is -1.25. The number of carbonyl (C=O) groups excluding carboxylic acids is 1. The minimum absolute atomic E-state index is 0.0330. The number of hydrogen-bond acceptors (Lipinski definition) is 2. The van der Waals surface area contributed by atoms with Crippen molar-refractivity contribution in [1.82, 2.24) is 0 Å². The van der Waals surface area contributed by atoms with E-state index in [2.05, 4.69) is 31.2 Å². The molecular formula is C16H15ClOS. The highest BCUT2D eigenvalue weighted by atomic mass is 35.5. The van der Waals surface area contributed by atoms with Crippen LogP contribution in [0.1, 0.15) is 28.1 Å². The number of carbonyl (C=O) groups is 1. The predicted molar refractivity (Wildman–Crippen MR) is 82.2 cm³/mol. The molecule has 2 rings (SSSR count). The Bertz CT molecular complexity index is 536. The van der Waals surface area contributed by atoms with Crippen molar-refractivity contribution in [3.8, 4) is 0 Å². The average molecular weight is 291 g/mol. The zero-order valence-corrected chi connectivity index (χ0v) is 12.2. The normalized spacial score (nSPS) is 12.1. The van der Waals surface area contributed by atoms with Gasteiger partial charge in [-0.15, -0.1) is 23.4 Å². The second-order valence-corrected chi connectivity index (χ2v) is 5.93. The van der Waals surface area contributed by atoms with Crippen LogP contribution in [0.5, 0.6) is 0 Å². The van der Waals surface area contributed by atoms with Crippen molar-refractivity contribution in [1.29, 1.82) is 0 Å². The number of halogens is 1. The third kappa shape index (κ3) is 3.85. The summed E-state index contributed by atoms with van der Waals surface area (Å²) in [5, 5.41) is 0.385. The summed E-state index contributed by atoms with van der Waals surface area (Å²) in [7, 11) is 0. The second-order valence-electron chi connectivity index (χ2n) is 4.25. The molecule has 0 spiro atoms. The molecule has 0 fully saturated rings. The van der Waals surface area contributed by atoms with Gasteiger partial charge in [-0.05, 0) is 24.6 Å². The van der Waals surface area contributed by atoms with Crippen LogP contribution < -0.4 is 0 Å². The first kappa shape index (κ1) is 14.2. The van der Waals surface area contributed by atoms with Crippen LogP contribution >= 0.6 is 23.4 Å². The number of alkyl halides is 1. The molecule has 0 N–H and O–H groups in total. The fourth-order valence-corrected chi connectivity index (χ4v) is 2.94. The van der Waals surface area contributed by atoms with Crippen molar-refractivity contribution >= 4 is 29.1 Å². The van der Waals surface area contributed by atoms with Gasteiger partial charge in [0.2, 0.25) is 0 Å². The Balaban J connectivity index is 2.06. The second kappa shape index (κ2) is 6.78. The molecule has 2 aromatic rings. The molecule has 0 saturated carbocycles. The van der Waals surface area contributed by atoms with Gasteiger partial charge in [0.1, 0.15) is 0 Å². The first-order valence-electron chi connectivity index (χ1n) is 6.11. The third-order valence-electron chi connectivity index (χ3n) is 2.88. The highest BCUT2D eigenvalue weighted by Gasteiger charge is 2.08. The smallest absolute Gasteiger partial charge is 0.177 e. The third-order valence-corrected chi connectivity index (χ3v) is 4.29. The fourth-order valence-electron chi connectivity index (χ4n) is 1.79. The summed E-state index contributed by atoms with van der Waals surface area (Å²) in [5.74, 6) is 0.00160. The van der Waals surface area contributed by atoms with Gasteiger partial charge >= 0.3 is 0 Å². The van der Waals surface area contributed by atoms with Crippen molar-refractivity contribution in [2.45, 2.75) is 17.1 Å². The first-order chi connectivity index (χ1) is 9.20. The SMILES string of the molecule is CC(Sc1ccc(C(=O)CCl)cc1)c1ccccc1. The molecule has 3 heteroatoms. The lowest BCUT2D eigenvalue weighted by Crippen LogP contribution is -1.99. The molecule has 0 aliphatic heterocycles. The van der Waals surface area contributed by atoms with Gasteiger partial charge in [0.15, 0.2) is 5.78 Å². The van der Waals surface area contributed by atoms with Gasteiger partial charge in [-0.3, -0.25) is 4.79 Å². The zero-order chi connectivity index (χ0) is 13.7. The molecule has 1 atom stereocenters. The van der Waals surface area contributed by atoms with Crippen LogP contribution in [-0.4, -0.2) is 11.7 Å². The molecule has 0 radical (unpaired) electrons. The highest BCUT2D eigenvalue weighted by Crippen LogP contribution is 2.34. The lowest BCUT2D eigenvalue weighted by molar-refractivity contribution is 0.102. The van der Waals surface area contributed by atoms with Gasteiger partial charge in [0, 0.05) is 15.7 Å². The van der Waals surface area contributed by atoms with E-state index in [4.69, 9.17) is 11.6 Å². The minimum Gasteiger partial charge on any atom is -0.293 e. The molecular weight excluding hydrogens is 276 g/mol. The standard InChI is InChI=1S/C16H15ClOS/c1-12(13-5-3-2-4-6-13)19-15-9-7-14(8-10-15)16(18)11-17/h2-10,12H,11H2,1H3. The van der Waals surface area contributed by atoms with E-state index in [0.29, 0.717) is 10.8 Å². The molecule has 1 nitrogen and oxygen atoms in total. The summed E-state index contributed by atoms with van der Waals surface area (Å²) in [6.07, 6.45) is 0. The van der Waals surface area contributed by atoms with Gasteiger partial charge in [0.05, 0.1) is 5.88 Å². The van der Waals surface area contributed by atoms with Crippen LogP contribution in [0.2, 0.25) is 0 Å². The Morgan fingerprint density at radius 1 is 1.11 bits per heavy atom. The number of Topliss-reactive ketones (excluding diaryl/α,β-unsaturated/α-hetero) is 1. The Kier molecular flexibility index (Phi) is 5.06. The zero-order valence-electron chi connectivity index (χ0n) is 10.7. The van der Waals surface area contributed by atoms with Gasteiger partial charge in [0.25, 0.3) is 0 Å². The summed E-state index contributed by atoms with van der Waals surface area (Å²) in [5.41, 5.74) is 1.97. The maximum atomic E-state index is 11.4. The predicted octanol–water partition coefficient (Wildman–Crippen LogP) is 4.96. The summed E-state index contributed by atoms with van der Waals surface area (Å²) >= 11 is 7.32. The number of rotatable bonds is 5. The largest absolute Gasteiger partial charge is 0.293 e. The monoisotopic (exact) mass is 290 g/mol. The molecule has 0 aromatic heterocycles. The molecule has 2 aromatic carbocycles. The fraction of sp³-hybridized carbons (Fsp3) is 0.188. The molecule has 0 aliphatic rings. The van der Waals surface area contributed by atoms with E-state index < -0.39 is 0 Å². The quantitative estimate of drug-likeness (QED) is 0.440. The van der Waals surface area contributed by atoms with Gasteiger partial charge in [-0.25, -0.2) is 0 Å². The molecule has 0 amide bonds. The number of benzene rings is 2. The molecule has 98 valence electrons. The number of hydrogen-bond donors (Lipinski definition) is 0. The van der Waals surface area contributed by atoms with E-state index in [1.807, 2.05) is 30.3 Å². The van der Waals surface area contributed by atoms with Crippen molar-refractivity contribution in [3.05, 3.63) is 65.7 Å². The molecule has 0 bridgehead atoms. The molecule has 0 aliphatic carbocycles. The van der Waals surface area contributed by atoms with Crippen LogP contribution in [0.4, 0.5) is 0 Å². The summed E-state index contributed by atoms with van der Waals surface area (Å²) in [4.78, 5) is 12.6. The van der Waals surface area contributed by atoms with E-state index in [9.17, 15) is 4.79 Å². The van der Waals surface area contributed by atoms with Gasteiger partial charge < -0.3 is 0 Å². The van der Waals surface area contributed by atoms with Crippen molar-refractivity contribution < 1.29 is 4.79 Å². The van der Waals surface area contributed by atoms with E-state index in [-0.39, 0.29) is 11.7 Å². The molecule has 0 saturated heterocycles. The highest BCUT2D eigenvalue weighted by molar-refractivity contribution is 7.99. The van der Waals surface area contributed by atoms with Crippen LogP contribution in [0, 0.1) is 0 Å². The van der Waals surface area contributed by atoms with Crippen LogP contribution in [0.15, 0.2) is 59.5 Å².